The third-order valence-electron chi connectivity index (χ3n) is 3.61. The molecule has 1 saturated heterocycles. The SMILES string of the molecule is COc1ccc(CN(C)CC2CCCCN2)cc1Br. The molecule has 1 heterocycles. The molecule has 1 N–H and O–H groups in total. The first-order valence-corrected chi connectivity index (χ1v) is 7.72. The van der Waals surface area contributed by atoms with Gasteiger partial charge in [-0.1, -0.05) is 12.5 Å². The lowest BCUT2D eigenvalue weighted by Gasteiger charge is -2.28. The topological polar surface area (TPSA) is 24.5 Å². The lowest BCUT2D eigenvalue weighted by molar-refractivity contribution is 0.256. The van der Waals surface area contributed by atoms with E-state index < -0.39 is 0 Å². The molecule has 0 amide bonds. The first kappa shape index (κ1) is 14.8. The zero-order valence-corrected chi connectivity index (χ0v) is 13.4. The molecule has 19 heavy (non-hydrogen) atoms. The van der Waals surface area contributed by atoms with Crippen LogP contribution >= 0.6 is 15.9 Å². The van der Waals surface area contributed by atoms with Crippen molar-refractivity contribution in [2.75, 3.05) is 27.2 Å². The normalized spacial score (nSPS) is 19.7. The minimum atomic E-state index is 0.653. The van der Waals surface area contributed by atoms with Crippen molar-refractivity contribution in [1.29, 1.82) is 0 Å². The molecule has 0 saturated carbocycles. The minimum absolute atomic E-state index is 0.653. The Bertz CT molecular complexity index is 405. The smallest absolute Gasteiger partial charge is 0.133 e. The molecule has 3 nitrogen and oxygen atoms in total. The van der Waals surface area contributed by atoms with Crippen molar-refractivity contribution in [1.82, 2.24) is 10.2 Å². The van der Waals surface area contributed by atoms with Gasteiger partial charge in [0.1, 0.15) is 5.75 Å². The molecule has 1 aromatic rings. The Morgan fingerprint density at radius 3 is 2.89 bits per heavy atom. The molecule has 0 radical (unpaired) electrons. The molecule has 0 bridgehead atoms. The summed E-state index contributed by atoms with van der Waals surface area (Å²) in [6.07, 6.45) is 3.99. The fourth-order valence-electron chi connectivity index (χ4n) is 2.64. The maximum Gasteiger partial charge on any atom is 0.133 e. The lowest BCUT2D eigenvalue weighted by Crippen LogP contribution is -2.42. The van der Waals surface area contributed by atoms with Crippen LogP contribution in [0.4, 0.5) is 0 Å². The monoisotopic (exact) mass is 326 g/mol. The average molecular weight is 327 g/mol. The molecule has 1 aliphatic heterocycles. The lowest BCUT2D eigenvalue weighted by atomic mass is 10.0. The number of benzene rings is 1. The van der Waals surface area contributed by atoms with Gasteiger partial charge in [-0.2, -0.15) is 0 Å². The van der Waals surface area contributed by atoms with Crippen LogP contribution < -0.4 is 10.1 Å². The zero-order chi connectivity index (χ0) is 13.7. The highest BCUT2D eigenvalue weighted by molar-refractivity contribution is 9.10. The van der Waals surface area contributed by atoms with Crippen molar-refractivity contribution in [2.45, 2.75) is 31.8 Å². The van der Waals surface area contributed by atoms with E-state index in [9.17, 15) is 0 Å². The van der Waals surface area contributed by atoms with Crippen molar-refractivity contribution in [3.05, 3.63) is 28.2 Å². The van der Waals surface area contributed by atoms with E-state index in [1.54, 1.807) is 7.11 Å². The summed E-state index contributed by atoms with van der Waals surface area (Å²) in [6.45, 7) is 3.26. The summed E-state index contributed by atoms with van der Waals surface area (Å²) >= 11 is 3.54. The largest absolute Gasteiger partial charge is 0.496 e. The van der Waals surface area contributed by atoms with E-state index in [4.69, 9.17) is 4.74 Å². The van der Waals surface area contributed by atoms with E-state index in [2.05, 4.69) is 45.3 Å². The highest BCUT2D eigenvalue weighted by Crippen LogP contribution is 2.26. The van der Waals surface area contributed by atoms with Gasteiger partial charge < -0.3 is 15.0 Å². The molecule has 1 atom stereocenters. The van der Waals surface area contributed by atoms with E-state index in [0.717, 1.165) is 23.3 Å². The average Bonchev–Trinajstić information content (AvgIpc) is 2.40. The van der Waals surface area contributed by atoms with E-state index in [0.29, 0.717) is 6.04 Å². The highest BCUT2D eigenvalue weighted by atomic mass is 79.9. The van der Waals surface area contributed by atoms with Crippen LogP contribution in [0.25, 0.3) is 0 Å². The van der Waals surface area contributed by atoms with Gasteiger partial charge >= 0.3 is 0 Å². The molecule has 1 unspecified atom stereocenters. The minimum Gasteiger partial charge on any atom is -0.496 e. The standard InChI is InChI=1S/C15H23BrN2O/c1-18(11-13-5-3-4-8-17-13)10-12-6-7-15(19-2)14(16)9-12/h6-7,9,13,17H,3-5,8,10-11H2,1-2H3. The molecular formula is C15H23BrN2O. The van der Waals surface area contributed by atoms with Gasteiger partial charge in [0.15, 0.2) is 0 Å². The number of ether oxygens (including phenoxy) is 1. The predicted octanol–water partition coefficient (Wildman–Crippen LogP) is 3.03. The van der Waals surface area contributed by atoms with Gasteiger partial charge in [-0.15, -0.1) is 0 Å². The molecule has 4 heteroatoms. The van der Waals surface area contributed by atoms with Gasteiger partial charge in [0.05, 0.1) is 11.6 Å². The van der Waals surface area contributed by atoms with Crippen LogP contribution in [0, 0.1) is 0 Å². The summed E-state index contributed by atoms with van der Waals surface area (Å²) in [7, 11) is 3.88. The van der Waals surface area contributed by atoms with E-state index in [-0.39, 0.29) is 0 Å². The molecule has 1 aliphatic rings. The summed E-state index contributed by atoms with van der Waals surface area (Å²) in [6, 6.07) is 6.95. The second-order valence-electron chi connectivity index (χ2n) is 5.31. The first-order chi connectivity index (χ1) is 9.19. The molecule has 0 aliphatic carbocycles. The van der Waals surface area contributed by atoms with E-state index >= 15 is 0 Å². The number of methoxy groups -OCH3 is 1. The second-order valence-corrected chi connectivity index (χ2v) is 6.17. The molecule has 0 aromatic heterocycles. The van der Waals surface area contributed by atoms with Crippen LogP contribution in [0.1, 0.15) is 24.8 Å². The third-order valence-corrected chi connectivity index (χ3v) is 4.23. The van der Waals surface area contributed by atoms with Gasteiger partial charge in [0, 0.05) is 19.1 Å². The Morgan fingerprint density at radius 2 is 2.26 bits per heavy atom. The number of rotatable bonds is 5. The number of likely N-dealkylation sites (N-methyl/N-ethyl adjacent to an activating group) is 1. The molecule has 106 valence electrons. The number of piperidine rings is 1. The quantitative estimate of drug-likeness (QED) is 0.900. The van der Waals surface area contributed by atoms with Crippen LogP contribution in [0.2, 0.25) is 0 Å². The first-order valence-electron chi connectivity index (χ1n) is 6.93. The predicted molar refractivity (Wildman–Crippen MR) is 82.7 cm³/mol. The van der Waals surface area contributed by atoms with Crippen molar-refractivity contribution in [3.8, 4) is 5.75 Å². The van der Waals surface area contributed by atoms with Gasteiger partial charge in [-0.25, -0.2) is 0 Å². The Labute approximate surface area is 124 Å². The fraction of sp³-hybridized carbons (Fsp3) is 0.600. The number of nitrogens with one attached hydrogen (secondary N) is 1. The second kappa shape index (κ2) is 7.27. The molecule has 0 spiro atoms. The van der Waals surface area contributed by atoms with Gasteiger partial charge in [0.2, 0.25) is 0 Å². The van der Waals surface area contributed by atoms with Crippen LogP contribution in [-0.4, -0.2) is 38.2 Å². The van der Waals surface area contributed by atoms with Crippen LogP contribution in [0.5, 0.6) is 5.75 Å². The van der Waals surface area contributed by atoms with Gasteiger partial charge in [-0.3, -0.25) is 0 Å². The Balaban J connectivity index is 1.87. The van der Waals surface area contributed by atoms with Crippen LogP contribution in [-0.2, 0) is 6.54 Å². The Morgan fingerprint density at radius 1 is 1.42 bits per heavy atom. The molecule has 1 fully saturated rings. The van der Waals surface area contributed by atoms with Crippen molar-refractivity contribution in [2.24, 2.45) is 0 Å². The fourth-order valence-corrected chi connectivity index (χ4v) is 3.23. The summed E-state index contributed by atoms with van der Waals surface area (Å²) < 4.78 is 6.28. The summed E-state index contributed by atoms with van der Waals surface area (Å²) in [5.74, 6) is 0.889. The molecular weight excluding hydrogens is 304 g/mol. The summed E-state index contributed by atoms with van der Waals surface area (Å²) in [5, 5.41) is 3.59. The van der Waals surface area contributed by atoms with Gasteiger partial charge in [-0.05, 0) is 60.1 Å². The van der Waals surface area contributed by atoms with E-state index in [1.165, 1.54) is 31.4 Å². The van der Waals surface area contributed by atoms with E-state index in [1.807, 2.05) is 6.07 Å². The Hall–Kier alpha value is -0.580. The maximum absolute atomic E-state index is 5.26. The van der Waals surface area contributed by atoms with Crippen molar-refractivity contribution < 1.29 is 4.74 Å². The number of halogens is 1. The maximum atomic E-state index is 5.26. The van der Waals surface area contributed by atoms with Crippen LogP contribution in [0.3, 0.4) is 0 Å². The summed E-state index contributed by atoms with van der Waals surface area (Å²) in [4.78, 5) is 2.39. The number of hydrogen-bond acceptors (Lipinski definition) is 3. The number of nitrogens with zero attached hydrogens (tertiary/aromatic N) is 1. The highest BCUT2D eigenvalue weighted by Gasteiger charge is 2.14. The van der Waals surface area contributed by atoms with Crippen LogP contribution in [0.15, 0.2) is 22.7 Å². The number of hydrogen-bond donors (Lipinski definition) is 1. The molecule has 2 rings (SSSR count). The van der Waals surface area contributed by atoms with Crippen molar-refractivity contribution in [3.63, 3.8) is 0 Å². The van der Waals surface area contributed by atoms with Gasteiger partial charge in [0.25, 0.3) is 0 Å². The third kappa shape index (κ3) is 4.48. The Kier molecular flexibility index (Phi) is 5.67. The van der Waals surface area contributed by atoms with Crippen molar-refractivity contribution >= 4 is 15.9 Å². The zero-order valence-electron chi connectivity index (χ0n) is 11.8. The summed E-state index contributed by atoms with van der Waals surface area (Å²) in [5.41, 5.74) is 1.31. The molecule has 1 aromatic carbocycles.